The highest BCUT2D eigenvalue weighted by atomic mass is 16.4. The van der Waals surface area contributed by atoms with Gasteiger partial charge < -0.3 is 10.4 Å². The van der Waals surface area contributed by atoms with Crippen LogP contribution in [0.3, 0.4) is 0 Å². The summed E-state index contributed by atoms with van der Waals surface area (Å²) < 4.78 is 0. The molecule has 0 unspecified atom stereocenters. The average Bonchev–Trinajstić information content (AvgIpc) is 2.28. The molecule has 1 aromatic heterocycles. The Kier molecular flexibility index (Phi) is 3.60. The lowest BCUT2D eigenvalue weighted by Gasteiger charge is -2.37. The maximum Gasteiger partial charge on any atom is 0.311 e. The molecule has 1 heterocycles. The summed E-state index contributed by atoms with van der Waals surface area (Å²) in [5.74, 6) is -0.992. The maximum absolute atomic E-state index is 11.7. The van der Waals surface area contributed by atoms with Gasteiger partial charge in [-0.2, -0.15) is 0 Å². The topological polar surface area (TPSA) is 79.3 Å². The van der Waals surface area contributed by atoms with Gasteiger partial charge in [-0.25, -0.2) is 0 Å². The van der Waals surface area contributed by atoms with Gasteiger partial charge in [0.05, 0.1) is 11.8 Å². The number of pyridine rings is 1. The average molecular weight is 248 g/mol. The number of nitrogens with zero attached hydrogens (tertiary/aromatic N) is 1. The van der Waals surface area contributed by atoms with Gasteiger partial charge in [0, 0.05) is 18.4 Å². The molecule has 0 atom stereocenters. The summed E-state index contributed by atoms with van der Waals surface area (Å²) in [6, 6.07) is 5.38. The minimum atomic E-state index is -0.813. The number of amides is 1. The van der Waals surface area contributed by atoms with Crippen LogP contribution in [0.1, 0.15) is 25.0 Å². The molecule has 18 heavy (non-hydrogen) atoms. The fourth-order valence-corrected chi connectivity index (χ4v) is 2.07. The molecule has 0 spiro atoms. The highest BCUT2D eigenvalue weighted by molar-refractivity contribution is 5.80. The summed E-state index contributed by atoms with van der Waals surface area (Å²) >= 11 is 0. The summed E-state index contributed by atoms with van der Waals surface area (Å²) in [5, 5.41) is 11.8. The van der Waals surface area contributed by atoms with Crippen molar-refractivity contribution in [3.05, 3.63) is 30.1 Å². The lowest BCUT2D eigenvalue weighted by atomic mass is 9.69. The first kappa shape index (κ1) is 12.5. The summed E-state index contributed by atoms with van der Waals surface area (Å²) in [4.78, 5) is 26.8. The van der Waals surface area contributed by atoms with Crippen LogP contribution in [-0.4, -0.2) is 28.5 Å². The quantitative estimate of drug-likeness (QED) is 0.814. The van der Waals surface area contributed by atoms with Crippen molar-refractivity contribution in [1.29, 1.82) is 0 Å². The minimum absolute atomic E-state index is 0.179. The third kappa shape index (κ3) is 2.67. The lowest BCUT2D eigenvalue weighted by Crippen LogP contribution is -2.47. The molecule has 0 aromatic carbocycles. The third-order valence-electron chi connectivity index (χ3n) is 3.46. The smallest absolute Gasteiger partial charge is 0.311 e. The minimum Gasteiger partial charge on any atom is -0.481 e. The third-order valence-corrected chi connectivity index (χ3v) is 3.46. The zero-order chi connectivity index (χ0) is 13.0. The molecule has 1 fully saturated rings. The fourth-order valence-electron chi connectivity index (χ4n) is 2.07. The normalized spacial score (nSPS) is 16.7. The Morgan fingerprint density at radius 2 is 2.17 bits per heavy atom. The molecule has 0 saturated heterocycles. The van der Waals surface area contributed by atoms with Gasteiger partial charge in [-0.1, -0.05) is 12.5 Å². The van der Waals surface area contributed by atoms with Crippen LogP contribution >= 0.6 is 0 Å². The van der Waals surface area contributed by atoms with E-state index in [9.17, 15) is 9.59 Å². The van der Waals surface area contributed by atoms with Gasteiger partial charge in [0.25, 0.3) is 0 Å². The van der Waals surface area contributed by atoms with E-state index < -0.39 is 11.4 Å². The van der Waals surface area contributed by atoms with Crippen LogP contribution in [0.2, 0.25) is 0 Å². The molecule has 1 saturated carbocycles. The number of carbonyl (C=O) groups is 2. The predicted molar refractivity (Wildman–Crippen MR) is 64.9 cm³/mol. The largest absolute Gasteiger partial charge is 0.481 e. The molecule has 0 radical (unpaired) electrons. The van der Waals surface area contributed by atoms with Crippen LogP contribution in [0.4, 0.5) is 0 Å². The standard InChI is InChI=1S/C13H16N2O3/c16-11(8-10-4-1-2-7-14-10)15-9-13(12(17)18)5-3-6-13/h1-2,4,7H,3,5-6,8-9H2,(H,15,16)(H,17,18). The Morgan fingerprint density at radius 3 is 2.67 bits per heavy atom. The summed E-state index contributed by atoms with van der Waals surface area (Å²) in [6.45, 7) is 0.216. The fraction of sp³-hybridized carbons (Fsp3) is 0.462. The van der Waals surface area contributed by atoms with Gasteiger partial charge in [-0.05, 0) is 25.0 Å². The van der Waals surface area contributed by atoms with Crippen molar-refractivity contribution >= 4 is 11.9 Å². The second kappa shape index (κ2) is 5.16. The molecule has 1 amide bonds. The van der Waals surface area contributed by atoms with Gasteiger partial charge in [0.15, 0.2) is 0 Å². The Labute approximate surface area is 105 Å². The Balaban J connectivity index is 1.83. The Morgan fingerprint density at radius 1 is 1.39 bits per heavy atom. The van der Waals surface area contributed by atoms with Crippen molar-refractivity contribution in [1.82, 2.24) is 10.3 Å². The van der Waals surface area contributed by atoms with Crippen LogP contribution in [0.15, 0.2) is 24.4 Å². The van der Waals surface area contributed by atoms with Gasteiger partial charge in [-0.3, -0.25) is 14.6 Å². The zero-order valence-electron chi connectivity index (χ0n) is 10.1. The molecule has 1 aliphatic rings. The van der Waals surface area contributed by atoms with Crippen LogP contribution < -0.4 is 5.32 Å². The van der Waals surface area contributed by atoms with Crippen molar-refractivity contribution in [3.8, 4) is 0 Å². The van der Waals surface area contributed by atoms with Crippen LogP contribution in [0.25, 0.3) is 0 Å². The number of carboxylic acid groups (broad SMARTS) is 1. The Hall–Kier alpha value is -1.91. The molecule has 2 rings (SSSR count). The predicted octanol–water partition coefficient (Wildman–Crippen LogP) is 0.995. The second-order valence-corrected chi connectivity index (χ2v) is 4.71. The van der Waals surface area contributed by atoms with E-state index in [1.807, 2.05) is 6.07 Å². The number of carboxylic acids is 1. The van der Waals surface area contributed by atoms with Gasteiger partial charge in [-0.15, -0.1) is 0 Å². The van der Waals surface area contributed by atoms with E-state index in [2.05, 4.69) is 10.3 Å². The van der Waals surface area contributed by atoms with Crippen LogP contribution in [-0.2, 0) is 16.0 Å². The van der Waals surface area contributed by atoms with E-state index in [1.165, 1.54) is 0 Å². The first-order valence-corrected chi connectivity index (χ1v) is 6.02. The highest BCUT2D eigenvalue weighted by Crippen LogP contribution is 2.40. The molecule has 5 nitrogen and oxygen atoms in total. The monoisotopic (exact) mass is 248 g/mol. The molecule has 96 valence electrons. The number of nitrogens with one attached hydrogen (secondary N) is 1. The molecule has 0 aliphatic heterocycles. The first-order chi connectivity index (χ1) is 8.62. The van der Waals surface area contributed by atoms with E-state index in [1.54, 1.807) is 18.3 Å². The van der Waals surface area contributed by atoms with E-state index in [4.69, 9.17) is 5.11 Å². The van der Waals surface area contributed by atoms with Crippen molar-refractivity contribution < 1.29 is 14.7 Å². The van der Waals surface area contributed by atoms with Crippen molar-refractivity contribution in [2.75, 3.05) is 6.54 Å². The summed E-state index contributed by atoms with van der Waals surface area (Å²) in [6.07, 6.45) is 4.03. The molecule has 1 aromatic rings. The van der Waals surface area contributed by atoms with Gasteiger partial charge >= 0.3 is 5.97 Å². The van der Waals surface area contributed by atoms with Crippen LogP contribution in [0.5, 0.6) is 0 Å². The number of aromatic nitrogens is 1. The van der Waals surface area contributed by atoms with Gasteiger partial charge in [0.2, 0.25) is 5.91 Å². The first-order valence-electron chi connectivity index (χ1n) is 6.02. The molecule has 5 heteroatoms. The maximum atomic E-state index is 11.7. The number of rotatable bonds is 5. The number of carbonyl (C=O) groups excluding carboxylic acids is 1. The van der Waals surface area contributed by atoms with Gasteiger partial charge in [0.1, 0.15) is 0 Å². The lowest BCUT2D eigenvalue weighted by molar-refractivity contribution is -0.154. The van der Waals surface area contributed by atoms with Crippen molar-refractivity contribution in [2.45, 2.75) is 25.7 Å². The summed E-state index contributed by atoms with van der Waals surface area (Å²) in [7, 11) is 0. The van der Waals surface area contributed by atoms with E-state index in [0.29, 0.717) is 18.5 Å². The van der Waals surface area contributed by atoms with E-state index in [-0.39, 0.29) is 18.9 Å². The summed E-state index contributed by atoms with van der Waals surface area (Å²) in [5.41, 5.74) is -0.0484. The zero-order valence-corrected chi connectivity index (χ0v) is 10.1. The van der Waals surface area contributed by atoms with E-state index in [0.717, 1.165) is 6.42 Å². The van der Waals surface area contributed by atoms with E-state index >= 15 is 0 Å². The number of hydrogen-bond donors (Lipinski definition) is 2. The highest BCUT2D eigenvalue weighted by Gasteiger charge is 2.44. The van der Waals surface area contributed by atoms with Crippen molar-refractivity contribution in [3.63, 3.8) is 0 Å². The number of hydrogen-bond acceptors (Lipinski definition) is 3. The van der Waals surface area contributed by atoms with Crippen LogP contribution in [0, 0.1) is 5.41 Å². The SMILES string of the molecule is O=C(Cc1ccccn1)NCC1(C(=O)O)CCC1. The molecule has 0 bridgehead atoms. The molecule has 2 N–H and O–H groups in total. The van der Waals surface area contributed by atoms with Crippen molar-refractivity contribution in [2.24, 2.45) is 5.41 Å². The molecular formula is C13H16N2O3. The Bertz CT molecular complexity index is 441. The number of aliphatic carboxylic acids is 1. The second-order valence-electron chi connectivity index (χ2n) is 4.71. The molecular weight excluding hydrogens is 232 g/mol. The molecule has 1 aliphatic carbocycles.